The van der Waals surface area contributed by atoms with Crippen LogP contribution < -0.4 is 0 Å². The summed E-state index contributed by atoms with van der Waals surface area (Å²) in [5.41, 5.74) is 1.59. The van der Waals surface area contributed by atoms with Gasteiger partial charge in [0, 0.05) is 5.92 Å². The molecule has 26 heavy (non-hydrogen) atoms. The number of hydrogen-bond donors (Lipinski definition) is 0. The highest BCUT2D eigenvalue weighted by atomic mass is 19.4. The van der Waals surface area contributed by atoms with Crippen LogP contribution in [0.5, 0.6) is 0 Å². The number of piperidine rings is 3. The highest BCUT2D eigenvalue weighted by Crippen LogP contribution is 2.35. The first-order valence-electron chi connectivity index (χ1n) is 8.97. The molecule has 3 heterocycles. The maximum atomic E-state index is 13.1. The fourth-order valence-electron chi connectivity index (χ4n) is 4.23. The van der Waals surface area contributed by atoms with Crippen molar-refractivity contribution in [2.75, 3.05) is 13.1 Å². The van der Waals surface area contributed by atoms with E-state index in [0.717, 1.165) is 43.1 Å². The molecule has 0 radical (unpaired) electrons. The van der Waals surface area contributed by atoms with Crippen LogP contribution in [0.4, 0.5) is 13.2 Å². The lowest BCUT2D eigenvalue weighted by molar-refractivity contribution is -0.138. The van der Waals surface area contributed by atoms with Gasteiger partial charge in [0.1, 0.15) is 0 Å². The molecule has 136 valence electrons. The smallest absolute Gasteiger partial charge is 0.298 e. The number of carbonyl (C=O) groups excluding carboxylic acids is 1. The van der Waals surface area contributed by atoms with Gasteiger partial charge in [-0.25, -0.2) is 0 Å². The van der Waals surface area contributed by atoms with Crippen LogP contribution >= 0.6 is 0 Å². The molecule has 3 fully saturated rings. The molecule has 0 saturated carbocycles. The average Bonchev–Trinajstić information content (AvgIpc) is 2.65. The topological polar surface area (TPSA) is 20.3 Å². The number of rotatable bonds is 3. The number of halogens is 3. The number of Topliss-reactive ketones (excluding diaryl/α,β-unsaturated/α-hetero) is 1. The van der Waals surface area contributed by atoms with E-state index in [1.807, 2.05) is 24.3 Å². The molecule has 3 aliphatic rings. The molecule has 0 spiro atoms. The summed E-state index contributed by atoms with van der Waals surface area (Å²) >= 11 is 0. The van der Waals surface area contributed by atoms with Crippen molar-refractivity contribution in [3.8, 4) is 11.1 Å². The molecule has 2 nitrogen and oxygen atoms in total. The maximum absolute atomic E-state index is 13.1. The minimum atomic E-state index is -4.37. The van der Waals surface area contributed by atoms with Gasteiger partial charge in [-0.1, -0.05) is 36.4 Å². The van der Waals surface area contributed by atoms with E-state index in [-0.39, 0.29) is 12.0 Å². The molecular formula is C21H20F3NO. The van der Waals surface area contributed by atoms with E-state index in [4.69, 9.17) is 0 Å². The van der Waals surface area contributed by atoms with Gasteiger partial charge in [0.15, 0.2) is 5.78 Å². The Morgan fingerprint density at radius 1 is 1.00 bits per heavy atom. The molecule has 0 N–H and O–H groups in total. The van der Waals surface area contributed by atoms with E-state index in [2.05, 4.69) is 4.90 Å². The minimum Gasteiger partial charge on any atom is -0.298 e. The van der Waals surface area contributed by atoms with Gasteiger partial charge < -0.3 is 0 Å². The molecule has 0 aliphatic carbocycles. The van der Waals surface area contributed by atoms with Gasteiger partial charge in [0.2, 0.25) is 0 Å². The van der Waals surface area contributed by atoms with Gasteiger partial charge in [-0.3, -0.25) is 9.69 Å². The Labute approximate surface area is 150 Å². The third kappa shape index (κ3) is 3.16. The zero-order valence-electron chi connectivity index (χ0n) is 14.3. The van der Waals surface area contributed by atoms with Crippen LogP contribution in [0.25, 0.3) is 11.1 Å². The van der Waals surface area contributed by atoms with E-state index < -0.39 is 11.7 Å². The molecule has 0 amide bonds. The monoisotopic (exact) mass is 359 g/mol. The predicted octanol–water partition coefficient (Wildman–Crippen LogP) is 4.58. The number of ketones is 1. The summed E-state index contributed by atoms with van der Waals surface area (Å²) in [6.07, 6.45) is -1.94. The van der Waals surface area contributed by atoms with Crippen molar-refractivity contribution in [3.63, 3.8) is 0 Å². The lowest BCUT2D eigenvalue weighted by Crippen LogP contribution is -2.56. The van der Waals surface area contributed by atoms with Crippen molar-refractivity contribution in [1.82, 2.24) is 4.90 Å². The average molecular weight is 359 g/mol. The summed E-state index contributed by atoms with van der Waals surface area (Å²) < 4.78 is 39.2. The van der Waals surface area contributed by atoms with Gasteiger partial charge in [0.25, 0.3) is 0 Å². The Morgan fingerprint density at radius 2 is 1.73 bits per heavy atom. The van der Waals surface area contributed by atoms with Gasteiger partial charge in [-0.15, -0.1) is 0 Å². The van der Waals surface area contributed by atoms with Crippen LogP contribution in [0, 0.1) is 5.92 Å². The Bertz CT molecular complexity index is 822. The molecule has 0 aromatic heterocycles. The van der Waals surface area contributed by atoms with E-state index in [1.165, 1.54) is 12.1 Å². The van der Waals surface area contributed by atoms with Crippen LogP contribution in [0.15, 0.2) is 48.5 Å². The SMILES string of the molecule is O=C1C2CCN(CC2)C1Cc1ccccc1-c1cccc(C(F)(F)F)c1. The minimum absolute atomic E-state index is 0.144. The number of alkyl halides is 3. The molecule has 5 rings (SSSR count). The lowest BCUT2D eigenvalue weighted by Gasteiger charge is -2.44. The molecule has 2 aromatic carbocycles. The number of hydrogen-bond acceptors (Lipinski definition) is 2. The first kappa shape index (κ1) is 17.3. The maximum Gasteiger partial charge on any atom is 0.416 e. The molecule has 1 unspecified atom stereocenters. The Hall–Kier alpha value is -2.14. The van der Waals surface area contributed by atoms with Crippen molar-refractivity contribution in [2.45, 2.75) is 31.5 Å². The quantitative estimate of drug-likeness (QED) is 0.800. The van der Waals surface area contributed by atoms with Crippen molar-refractivity contribution in [1.29, 1.82) is 0 Å². The number of carbonyl (C=O) groups is 1. The van der Waals surface area contributed by atoms with Crippen LogP contribution in [0.1, 0.15) is 24.0 Å². The van der Waals surface area contributed by atoms with Crippen LogP contribution in [-0.4, -0.2) is 29.8 Å². The van der Waals surface area contributed by atoms with E-state index in [1.54, 1.807) is 6.07 Å². The Kier molecular flexibility index (Phi) is 4.35. The molecule has 3 aliphatic heterocycles. The normalized spacial score (nSPS) is 25.5. The van der Waals surface area contributed by atoms with Gasteiger partial charge in [-0.05, 0) is 61.2 Å². The summed E-state index contributed by atoms with van der Waals surface area (Å²) in [7, 11) is 0. The summed E-state index contributed by atoms with van der Waals surface area (Å²) in [5.74, 6) is 0.451. The van der Waals surface area contributed by atoms with Crippen molar-refractivity contribution >= 4 is 5.78 Å². The fourth-order valence-corrected chi connectivity index (χ4v) is 4.23. The molecule has 3 saturated heterocycles. The molecule has 1 atom stereocenters. The summed E-state index contributed by atoms with van der Waals surface area (Å²) in [6.45, 7) is 1.87. The van der Waals surface area contributed by atoms with E-state index in [9.17, 15) is 18.0 Å². The second-order valence-electron chi connectivity index (χ2n) is 7.17. The van der Waals surface area contributed by atoms with E-state index >= 15 is 0 Å². The molecule has 2 aromatic rings. The molecular weight excluding hydrogens is 339 g/mol. The third-order valence-electron chi connectivity index (χ3n) is 5.63. The lowest BCUT2D eigenvalue weighted by atomic mass is 9.79. The molecule has 5 heteroatoms. The Balaban J connectivity index is 1.67. The summed E-state index contributed by atoms with van der Waals surface area (Å²) in [6, 6.07) is 12.7. The standard InChI is InChI=1S/C21H20F3NO/c22-21(23,24)17-6-3-5-15(12-17)18-7-2-1-4-16(18)13-19-20(26)14-8-10-25(19)11-9-14/h1-7,12,14,19H,8-11,13H2. The first-order valence-corrected chi connectivity index (χ1v) is 8.97. The van der Waals surface area contributed by atoms with Crippen LogP contribution in [0.3, 0.4) is 0 Å². The summed E-state index contributed by atoms with van der Waals surface area (Å²) in [4.78, 5) is 14.9. The largest absolute Gasteiger partial charge is 0.416 e. The second-order valence-corrected chi connectivity index (χ2v) is 7.17. The van der Waals surface area contributed by atoms with Crippen LogP contribution in [0.2, 0.25) is 0 Å². The predicted molar refractivity (Wildman–Crippen MR) is 93.7 cm³/mol. The third-order valence-corrected chi connectivity index (χ3v) is 5.63. The zero-order chi connectivity index (χ0) is 18.3. The number of fused-ring (bicyclic) bond motifs is 3. The van der Waals surface area contributed by atoms with Crippen molar-refractivity contribution < 1.29 is 18.0 Å². The fraction of sp³-hybridized carbons (Fsp3) is 0.381. The van der Waals surface area contributed by atoms with Gasteiger partial charge in [-0.2, -0.15) is 13.2 Å². The van der Waals surface area contributed by atoms with Crippen LogP contribution in [-0.2, 0) is 17.4 Å². The number of benzene rings is 2. The van der Waals surface area contributed by atoms with Crippen molar-refractivity contribution in [3.05, 3.63) is 59.7 Å². The van der Waals surface area contributed by atoms with Gasteiger partial charge >= 0.3 is 6.18 Å². The Morgan fingerprint density at radius 3 is 2.42 bits per heavy atom. The molecule has 2 bridgehead atoms. The van der Waals surface area contributed by atoms with Crippen molar-refractivity contribution in [2.24, 2.45) is 5.92 Å². The van der Waals surface area contributed by atoms with E-state index in [0.29, 0.717) is 17.8 Å². The second kappa shape index (κ2) is 6.54. The van der Waals surface area contributed by atoms with Gasteiger partial charge in [0.05, 0.1) is 11.6 Å². The highest BCUT2D eigenvalue weighted by Gasteiger charge is 2.40. The zero-order valence-corrected chi connectivity index (χ0v) is 14.3. The summed E-state index contributed by atoms with van der Waals surface area (Å²) in [5, 5.41) is 0. The number of nitrogens with zero attached hydrogens (tertiary/aromatic N) is 1. The first-order chi connectivity index (χ1) is 12.4. The highest BCUT2D eigenvalue weighted by molar-refractivity contribution is 5.88.